The molecule has 15 heavy (non-hydrogen) atoms. The average molecular weight is 200 g/mol. The van der Waals surface area contributed by atoms with Gasteiger partial charge in [0, 0.05) is 18.9 Å². The number of nitrogens with one attached hydrogen (secondary N) is 1. The second kappa shape index (κ2) is 3.78. The Kier molecular flexibility index (Phi) is 2.29. The van der Waals surface area contributed by atoms with Gasteiger partial charge in [-0.05, 0) is 48.4 Å². The molecule has 2 unspecified atom stereocenters. The Bertz CT molecular complexity index is 369. The predicted molar refractivity (Wildman–Crippen MR) is 61.3 cm³/mol. The van der Waals surface area contributed by atoms with E-state index in [1.165, 1.54) is 30.5 Å². The molecule has 1 aromatic heterocycles. The van der Waals surface area contributed by atoms with Gasteiger partial charge >= 0.3 is 0 Å². The fraction of sp³-hybridized carbons (Fsp3) is 0.462. The van der Waals surface area contributed by atoms with Crippen molar-refractivity contribution in [1.29, 1.82) is 0 Å². The maximum Gasteiger partial charge on any atom is 0.0342 e. The second-order valence-electron chi connectivity index (χ2n) is 4.55. The van der Waals surface area contributed by atoms with Crippen LogP contribution in [0, 0.1) is 11.8 Å². The lowest BCUT2D eigenvalue weighted by molar-refractivity contribution is 0.448. The van der Waals surface area contributed by atoms with E-state index in [-0.39, 0.29) is 0 Å². The summed E-state index contributed by atoms with van der Waals surface area (Å²) in [4.78, 5) is 4.19. The van der Waals surface area contributed by atoms with Crippen LogP contribution >= 0.6 is 0 Å². The Morgan fingerprint density at radius 1 is 1.33 bits per heavy atom. The van der Waals surface area contributed by atoms with Crippen molar-refractivity contribution in [1.82, 2.24) is 10.3 Å². The summed E-state index contributed by atoms with van der Waals surface area (Å²) in [5.74, 6) is 1.64. The summed E-state index contributed by atoms with van der Waals surface area (Å²) in [5, 5.41) is 3.48. The van der Waals surface area contributed by atoms with Gasteiger partial charge in [0.1, 0.15) is 0 Å². The first-order valence-corrected chi connectivity index (χ1v) is 5.75. The molecule has 1 aliphatic carbocycles. The first kappa shape index (κ1) is 9.10. The summed E-state index contributed by atoms with van der Waals surface area (Å²) in [6.45, 7) is 2.37. The molecule has 2 nitrogen and oxygen atoms in total. The lowest BCUT2D eigenvalue weighted by Gasteiger charge is -2.23. The summed E-state index contributed by atoms with van der Waals surface area (Å²) < 4.78 is 0. The van der Waals surface area contributed by atoms with Crippen molar-refractivity contribution in [2.24, 2.45) is 11.8 Å². The van der Waals surface area contributed by atoms with Crippen molar-refractivity contribution in [2.75, 3.05) is 13.1 Å². The van der Waals surface area contributed by atoms with Crippen LogP contribution in [0.1, 0.15) is 18.4 Å². The van der Waals surface area contributed by atoms with Crippen LogP contribution in [0.25, 0.3) is 5.57 Å². The standard InChI is InChI=1S/C13H16N2/c1-2-11(7-14-5-1)10-3-4-12-8-15-9-13(12)6-10/h1-2,5-7,12-13,15H,3-4,8-9H2. The van der Waals surface area contributed by atoms with Crippen molar-refractivity contribution < 1.29 is 0 Å². The molecule has 2 heteroatoms. The van der Waals surface area contributed by atoms with Gasteiger partial charge in [-0.1, -0.05) is 12.1 Å². The number of pyridine rings is 1. The highest BCUT2D eigenvalue weighted by molar-refractivity contribution is 5.66. The maximum atomic E-state index is 4.19. The van der Waals surface area contributed by atoms with E-state index < -0.39 is 0 Å². The van der Waals surface area contributed by atoms with Crippen molar-refractivity contribution >= 4 is 5.57 Å². The summed E-state index contributed by atoms with van der Waals surface area (Å²) in [7, 11) is 0. The van der Waals surface area contributed by atoms with Gasteiger partial charge in [-0.25, -0.2) is 0 Å². The molecule has 2 heterocycles. The lowest BCUT2D eigenvalue weighted by Crippen LogP contribution is -2.15. The number of rotatable bonds is 1. The predicted octanol–water partition coefficient (Wildman–Crippen LogP) is 2.09. The molecule has 1 aliphatic heterocycles. The van der Waals surface area contributed by atoms with Gasteiger partial charge in [-0.3, -0.25) is 4.98 Å². The van der Waals surface area contributed by atoms with Crippen LogP contribution in [0.15, 0.2) is 30.6 Å². The monoisotopic (exact) mass is 200 g/mol. The highest BCUT2D eigenvalue weighted by atomic mass is 14.9. The van der Waals surface area contributed by atoms with E-state index in [2.05, 4.69) is 22.4 Å². The van der Waals surface area contributed by atoms with Crippen LogP contribution in [0.4, 0.5) is 0 Å². The topological polar surface area (TPSA) is 24.9 Å². The van der Waals surface area contributed by atoms with Crippen LogP contribution in [-0.2, 0) is 0 Å². The highest BCUT2D eigenvalue weighted by Gasteiger charge is 2.28. The van der Waals surface area contributed by atoms with Crippen LogP contribution in [0.3, 0.4) is 0 Å². The molecule has 78 valence electrons. The minimum atomic E-state index is 0.758. The van der Waals surface area contributed by atoms with Gasteiger partial charge in [-0.15, -0.1) is 0 Å². The van der Waals surface area contributed by atoms with Crippen LogP contribution in [0.5, 0.6) is 0 Å². The molecule has 1 saturated heterocycles. The molecular formula is C13H16N2. The molecule has 0 bridgehead atoms. The molecule has 1 N–H and O–H groups in total. The van der Waals surface area contributed by atoms with Gasteiger partial charge in [0.25, 0.3) is 0 Å². The van der Waals surface area contributed by atoms with E-state index in [1.807, 2.05) is 18.5 Å². The van der Waals surface area contributed by atoms with Crippen molar-refractivity contribution in [3.05, 3.63) is 36.2 Å². The summed E-state index contributed by atoms with van der Waals surface area (Å²) in [5.41, 5.74) is 2.80. The SMILES string of the molecule is C1=C(c2cccnc2)CCC2CNCC12. The Morgan fingerprint density at radius 2 is 2.33 bits per heavy atom. The maximum absolute atomic E-state index is 4.19. The van der Waals surface area contributed by atoms with Crippen LogP contribution in [-0.4, -0.2) is 18.1 Å². The largest absolute Gasteiger partial charge is 0.316 e. The zero-order valence-electron chi connectivity index (χ0n) is 8.82. The van der Waals surface area contributed by atoms with Crippen molar-refractivity contribution in [3.63, 3.8) is 0 Å². The van der Waals surface area contributed by atoms with Gasteiger partial charge in [0.15, 0.2) is 0 Å². The number of allylic oxidation sites excluding steroid dienone is 1. The summed E-state index contributed by atoms with van der Waals surface area (Å²) >= 11 is 0. The second-order valence-corrected chi connectivity index (χ2v) is 4.55. The van der Waals surface area contributed by atoms with Gasteiger partial charge < -0.3 is 5.32 Å². The summed E-state index contributed by atoms with van der Waals surface area (Å²) in [6.07, 6.45) is 8.83. The minimum Gasteiger partial charge on any atom is -0.316 e. The highest BCUT2D eigenvalue weighted by Crippen LogP contribution is 2.35. The number of nitrogens with zero attached hydrogens (tertiary/aromatic N) is 1. The number of fused-ring (bicyclic) bond motifs is 1. The Balaban J connectivity index is 1.88. The fourth-order valence-electron chi connectivity index (χ4n) is 2.74. The van der Waals surface area contributed by atoms with Crippen molar-refractivity contribution in [3.8, 4) is 0 Å². The molecule has 0 saturated carbocycles. The van der Waals surface area contributed by atoms with E-state index in [0.29, 0.717) is 0 Å². The third-order valence-electron chi connectivity index (χ3n) is 3.62. The zero-order chi connectivity index (χ0) is 10.1. The first-order valence-electron chi connectivity index (χ1n) is 5.75. The smallest absolute Gasteiger partial charge is 0.0342 e. The van der Waals surface area contributed by atoms with E-state index in [9.17, 15) is 0 Å². The molecule has 1 fully saturated rings. The van der Waals surface area contributed by atoms with Gasteiger partial charge in [0.2, 0.25) is 0 Å². The van der Waals surface area contributed by atoms with Gasteiger partial charge in [0.05, 0.1) is 0 Å². The zero-order valence-corrected chi connectivity index (χ0v) is 8.82. The molecule has 3 rings (SSSR count). The van der Waals surface area contributed by atoms with Crippen molar-refractivity contribution in [2.45, 2.75) is 12.8 Å². The average Bonchev–Trinajstić information content (AvgIpc) is 2.77. The van der Waals surface area contributed by atoms with E-state index in [4.69, 9.17) is 0 Å². The molecule has 0 spiro atoms. The quantitative estimate of drug-likeness (QED) is 0.751. The normalized spacial score (nSPS) is 29.7. The van der Waals surface area contributed by atoms with E-state index in [1.54, 1.807) is 0 Å². The molecule has 0 amide bonds. The molecule has 2 atom stereocenters. The van der Waals surface area contributed by atoms with Crippen LogP contribution < -0.4 is 5.32 Å². The Morgan fingerprint density at radius 3 is 3.20 bits per heavy atom. The van der Waals surface area contributed by atoms with Gasteiger partial charge in [-0.2, -0.15) is 0 Å². The third-order valence-corrected chi connectivity index (χ3v) is 3.62. The fourth-order valence-corrected chi connectivity index (χ4v) is 2.74. The molecule has 0 aromatic carbocycles. The lowest BCUT2D eigenvalue weighted by atomic mass is 9.81. The number of aromatic nitrogens is 1. The Labute approximate surface area is 90.4 Å². The van der Waals surface area contributed by atoms with E-state index in [0.717, 1.165) is 18.4 Å². The number of hydrogen-bond acceptors (Lipinski definition) is 2. The van der Waals surface area contributed by atoms with Crippen LogP contribution in [0.2, 0.25) is 0 Å². The molecular weight excluding hydrogens is 184 g/mol. The molecule has 1 aromatic rings. The third kappa shape index (κ3) is 1.70. The molecule has 0 radical (unpaired) electrons. The molecule has 2 aliphatic rings. The minimum absolute atomic E-state index is 0.758. The van der Waals surface area contributed by atoms with E-state index >= 15 is 0 Å². The summed E-state index contributed by atoms with van der Waals surface area (Å²) in [6, 6.07) is 4.19. The number of hydrogen-bond donors (Lipinski definition) is 1. The Hall–Kier alpha value is -1.15. The first-order chi connectivity index (χ1) is 7.43.